The third-order valence-electron chi connectivity index (χ3n) is 4.71. The number of nitriles is 1. The van der Waals surface area contributed by atoms with E-state index in [2.05, 4.69) is 11.3 Å². The van der Waals surface area contributed by atoms with Crippen molar-refractivity contribution < 1.29 is 4.79 Å². The number of aryl methyl sites for hydroxylation is 1. The molecule has 1 aromatic heterocycles. The van der Waals surface area contributed by atoms with E-state index in [9.17, 15) is 10.1 Å². The minimum absolute atomic E-state index is 0.326. The van der Waals surface area contributed by atoms with Gasteiger partial charge < -0.3 is 10.6 Å². The summed E-state index contributed by atoms with van der Waals surface area (Å²) < 4.78 is 1.60. The Morgan fingerprint density at radius 1 is 1.19 bits per heavy atom. The van der Waals surface area contributed by atoms with Gasteiger partial charge in [0.05, 0.1) is 24.5 Å². The van der Waals surface area contributed by atoms with Gasteiger partial charge in [-0.15, -0.1) is 0 Å². The number of benzene rings is 2. The molecule has 1 amide bonds. The summed E-state index contributed by atoms with van der Waals surface area (Å²) in [5.41, 5.74) is 11.5. The molecule has 0 unspecified atom stereocenters. The molecule has 1 aliphatic heterocycles. The highest BCUT2D eigenvalue weighted by Crippen LogP contribution is 2.30. The minimum Gasteiger partial charge on any atom is -0.364 e. The van der Waals surface area contributed by atoms with Crippen molar-refractivity contribution >= 4 is 5.91 Å². The van der Waals surface area contributed by atoms with Crippen LogP contribution in [-0.4, -0.2) is 20.6 Å². The molecule has 0 fully saturated rings. The lowest BCUT2D eigenvalue weighted by atomic mass is 10.1. The van der Waals surface area contributed by atoms with E-state index >= 15 is 0 Å². The van der Waals surface area contributed by atoms with Crippen LogP contribution in [0.1, 0.15) is 27.2 Å². The van der Waals surface area contributed by atoms with Crippen LogP contribution in [0.3, 0.4) is 0 Å². The fourth-order valence-corrected chi connectivity index (χ4v) is 3.41. The summed E-state index contributed by atoms with van der Waals surface area (Å²) in [6.07, 6.45) is 2.18. The molecule has 0 radical (unpaired) electrons. The van der Waals surface area contributed by atoms with Crippen LogP contribution in [0.25, 0.3) is 16.9 Å². The number of hydrogen-bond acceptors (Lipinski definition) is 4. The normalized spacial score (nSPS) is 12.7. The Morgan fingerprint density at radius 3 is 2.73 bits per heavy atom. The molecule has 2 aromatic carbocycles. The molecular weight excluding hydrogens is 326 g/mol. The van der Waals surface area contributed by atoms with Crippen molar-refractivity contribution in [2.75, 3.05) is 0 Å². The first-order valence-electron chi connectivity index (χ1n) is 8.30. The first kappa shape index (κ1) is 15.9. The van der Waals surface area contributed by atoms with Crippen molar-refractivity contribution in [3.05, 3.63) is 70.9 Å². The van der Waals surface area contributed by atoms with Gasteiger partial charge in [0.25, 0.3) is 5.91 Å². The Balaban J connectivity index is 1.89. The maximum atomic E-state index is 12.0. The zero-order valence-corrected chi connectivity index (χ0v) is 14.3. The smallest absolute Gasteiger partial charge is 0.267 e. The molecule has 1 aliphatic rings. The Kier molecular flexibility index (Phi) is 3.70. The topological polar surface area (TPSA) is 87.9 Å². The first-order chi connectivity index (χ1) is 12.6. The number of carbonyl (C=O) groups excluding carboxylic acids is 1. The van der Waals surface area contributed by atoms with Gasteiger partial charge in [-0.1, -0.05) is 36.4 Å². The van der Waals surface area contributed by atoms with Crippen molar-refractivity contribution in [3.8, 4) is 23.1 Å². The van der Waals surface area contributed by atoms with Gasteiger partial charge >= 0.3 is 0 Å². The summed E-state index contributed by atoms with van der Waals surface area (Å²) in [6, 6.07) is 15.4. The molecule has 6 heteroatoms. The van der Waals surface area contributed by atoms with Crippen molar-refractivity contribution in [2.24, 2.45) is 5.73 Å². The fourth-order valence-electron chi connectivity index (χ4n) is 3.41. The van der Waals surface area contributed by atoms with Gasteiger partial charge in [-0.3, -0.25) is 4.79 Å². The van der Waals surface area contributed by atoms with E-state index < -0.39 is 5.91 Å². The number of hydrogen-bond donors (Lipinski definition) is 1. The zero-order chi connectivity index (χ0) is 18.3. The molecule has 2 heterocycles. The van der Waals surface area contributed by atoms with Crippen molar-refractivity contribution in [1.29, 1.82) is 5.26 Å². The van der Waals surface area contributed by atoms with Crippen LogP contribution in [0.2, 0.25) is 0 Å². The summed E-state index contributed by atoms with van der Waals surface area (Å²) >= 11 is 0. The minimum atomic E-state index is -0.537. The summed E-state index contributed by atoms with van der Waals surface area (Å²) in [5, 5.41) is 13.9. The van der Waals surface area contributed by atoms with Crippen molar-refractivity contribution in [3.63, 3.8) is 0 Å². The van der Waals surface area contributed by atoms with Crippen LogP contribution >= 0.6 is 0 Å². The maximum absolute atomic E-state index is 12.0. The Morgan fingerprint density at radius 2 is 2.00 bits per heavy atom. The van der Waals surface area contributed by atoms with Crippen LogP contribution in [0.4, 0.5) is 0 Å². The van der Waals surface area contributed by atoms with Gasteiger partial charge in [-0.2, -0.15) is 10.4 Å². The molecule has 128 valence electrons. The van der Waals surface area contributed by atoms with Crippen LogP contribution in [0.15, 0.2) is 48.5 Å². The number of aromatic nitrogens is 2. The van der Waals surface area contributed by atoms with Gasteiger partial charge in [-0.25, -0.2) is 4.68 Å². The van der Waals surface area contributed by atoms with E-state index in [4.69, 9.17) is 5.73 Å². The molecule has 2 N–H and O–H groups in total. The van der Waals surface area contributed by atoms with Crippen LogP contribution < -0.4 is 5.73 Å². The predicted octanol–water partition coefficient (Wildman–Crippen LogP) is 2.74. The van der Waals surface area contributed by atoms with Crippen molar-refractivity contribution in [1.82, 2.24) is 14.7 Å². The molecule has 6 nitrogen and oxygen atoms in total. The molecule has 0 atom stereocenters. The van der Waals surface area contributed by atoms with E-state index in [1.165, 1.54) is 0 Å². The molecule has 0 bridgehead atoms. The lowest BCUT2D eigenvalue weighted by molar-refractivity contribution is 0.0993. The average Bonchev–Trinajstić information content (AvgIpc) is 3.26. The number of fused-ring (bicyclic) bond motifs is 1. The van der Waals surface area contributed by atoms with E-state index in [0.29, 0.717) is 24.5 Å². The predicted molar refractivity (Wildman–Crippen MR) is 97.1 cm³/mol. The quantitative estimate of drug-likeness (QED) is 0.741. The molecule has 0 saturated carbocycles. The van der Waals surface area contributed by atoms with E-state index in [1.54, 1.807) is 15.6 Å². The fraction of sp³-hybridized carbons (Fsp3) is 0.150. The second kappa shape index (κ2) is 6.05. The zero-order valence-electron chi connectivity index (χ0n) is 14.3. The van der Waals surface area contributed by atoms with Gasteiger partial charge in [0.15, 0.2) is 6.19 Å². The van der Waals surface area contributed by atoms with E-state index in [-0.39, 0.29) is 0 Å². The molecule has 4 rings (SSSR count). The SMILES string of the molecule is Cc1ccccc1-c1cc(C(N)=O)n(-c2cccc3c2CN(C#N)C3)n1. The summed E-state index contributed by atoms with van der Waals surface area (Å²) in [7, 11) is 0. The lowest BCUT2D eigenvalue weighted by Gasteiger charge is -2.10. The summed E-state index contributed by atoms with van der Waals surface area (Å²) in [4.78, 5) is 13.7. The highest BCUT2D eigenvalue weighted by Gasteiger charge is 2.24. The molecule has 26 heavy (non-hydrogen) atoms. The first-order valence-corrected chi connectivity index (χ1v) is 8.30. The molecule has 0 aliphatic carbocycles. The number of nitrogens with zero attached hydrogens (tertiary/aromatic N) is 4. The number of amides is 1. The highest BCUT2D eigenvalue weighted by molar-refractivity contribution is 5.93. The summed E-state index contributed by atoms with van der Waals surface area (Å²) in [6.45, 7) is 3.07. The van der Waals surface area contributed by atoms with Crippen LogP contribution in [0.5, 0.6) is 0 Å². The van der Waals surface area contributed by atoms with E-state index in [0.717, 1.165) is 27.9 Å². The Bertz CT molecular complexity index is 1060. The standard InChI is InChI=1S/C20H17N5O/c1-13-5-2-3-7-15(13)17-9-19(20(22)26)25(23-17)18-8-4-6-14-10-24(12-21)11-16(14)18/h2-9H,10-11H2,1H3,(H2,22,26). The molecular formula is C20H17N5O. The second-order valence-corrected chi connectivity index (χ2v) is 6.38. The van der Waals surface area contributed by atoms with Crippen LogP contribution in [-0.2, 0) is 13.1 Å². The molecule has 0 spiro atoms. The third-order valence-corrected chi connectivity index (χ3v) is 4.71. The molecule has 3 aromatic rings. The number of nitrogens with two attached hydrogens (primary N) is 1. The Labute approximate surface area is 151 Å². The maximum Gasteiger partial charge on any atom is 0.267 e. The van der Waals surface area contributed by atoms with Gasteiger partial charge in [0.1, 0.15) is 5.69 Å². The van der Waals surface area contributed by atoms with Crippen molar-refractivity contribution in [2.45, 2.75) is 20.0 Å². The number of primary amides is 1. The van der Waals surface area contributed by atoms with Crippen LogP contribution in [0, 0.1) is 18.4 Å². The van der Waals surface area contributed by atoms with E-state index in [1.807, 2.05) is 49.4 Å². The third kappa shape index (κ3) is 2.50. The number of carbonyl (C=O) groups is 1. The second-order valence-electron chi connectivity index (χ2n) is 6.38. The molecule has 0 saturated heterocycles. The van der Waals surface area contributed by atoms with Gasteiger partial charge in [0.2, 0.25) is 0 Å². The monoisotopic (exact) mass is 343 g/mol. The Hall–Kier alpha value is -3.59. The largest absolute Gasteiger partial charge is 0.364 e. The van der Waals surface area contributed by atoms with Gasteiger partial charge in [-0.05, 0) is 30.2 Å². The average molecular weight is 343 g/mol. The highest BCUT2D eigenvalue weighted by atomic mass is 16.1. The van der Waals surface area contributed by atoms with Gasteiger partial charge in [0, 0.05) is 11.1 Å². The lowest BCUT2D eigenvalue weighted by Crippen LogP contribution is -2.17. The summed E-state index contributed by atoms with van der Waals surface area (Å²) in [5.74, 6) is -0.537. The number of rotatable bonds is 3.